The highest BCUT2D eigenvalue weighted by Gasteiger charge is 2.40. The van der Waals surface area contributed by atoms with E-state index in [4.69, 9.17) is 12.2 Å². The summed E-state index contributed by atoms with van der Waals surface area (Å²) < 4.78 is 0. The number of piperidine rings is 1. The number of hydrogen-bond acceptors (Lipinski definition) is 1. The molecule has 0 aromatic carbocycles. The average molecular weight is 252 g/mol. The number of fused-ring (bicyclic) bond motifs is 2. The molecule has 1 heterocycles. The Labute approximate surface area is 110 Å². The Morgan fingerprint density at radius 3 is 2.47 bits per heavy atom. The second kappa shape index (κ2) is 4.75. The van der Waals surface area contributed by atoms with Gasteiger partial charge in [-0.15, -0.1) is 0 Å². The monoisotopic (exact) mass is 252 g/mol. The molecule has 3 fully saturated rings. The Morgan fingerprint density at radius 1 is 1.12 bits per heavy atom. The summed E-state index contributed by atoms with van der Waals surface area (Å²) in [5.41, 5.74) is 0. The number of nitrogens with zero attached hydrogens (tertiary/aromatic N) is 1. The predicted molar refractivity (Wildman–Crippen MR) is 74.9 cm³/mol. The molecule has 0 aromatic heterocycles. The van der Waals surface area contributed by atoms with Gasteiger partial charge in [-0.1, -0.05) is 13.3 Å². The second-order valence-electron chi connectivity index (χ2n) is 6.40. The van der Waals surface area contributed by atoms with E-state index in [-0.39, 0.29) is 0 Å². The summed E-state index contributed by atoms with van der Waals surface area (Å²) in [6.45, 7) is 4.67. The van der Waals surface area contributed by atoms with Crippen LogP contribution >= 0.6 is 12.2 Å². The van der Waals surface area contributed by atoms with Gasteiger partial charge in [0.15, 0.2) is 5.11 Å². The van der Waals surface area contributed by atoms with E-state index in [1.807, 2.05) is 0 Å². The minimum Gasteiger partial charge on any atom is -0.360 e. The van der Waals surface area contributed by atoms with Crippen LogP contribution in [0.4, 0.5) is 0 Å². The van der Waals surface area contributed by atoms with Crippen molar-refractivity contribution in [2.45, 2.75) is 51.5 Å². The van der Waals surface area contributed by atoms with Crippen molar-refractivity contribution < 1.29 is 0 Å². The molecule has 0 amide bonds. The lowest BCUT2D eigenvalue weighted by Gasteiger charge is -2.35. The van der Waals surface area contributed by atoms with Gasteiger partial charge in [-0.05, 0) is 62.1 Å². The smallest absolute Gasteiger partial charge is 0.169 e. The molecule has 0 aromatic rings. The van der Waals surface area contributed by atoms with Gasteiger partial charge in [-0.25, -0.2) is 0 Å². The van der Waals surface area contributed by atoms with Gasteiger partial charge in [-0.2, -0.15) is 0 Å². The fourth-order valence-corrected chi connectivity index (χ4v) is 4.22. The number of likely N-dealkylation sites (tertiary alicyclic amines) is 1. The number of rotatable bonds is 1. The van der Waals surface area contributed by atoms with Gasteiger partial charge < -0.3 is 10.2 Å². The molecule has 2 saturated carbocycles. The van der Waals surface area contributed by atoms with Crippen LogP contribution in [-0.4, -0.2) is 29.1 Å². The Morgan fingerprint density at radius 2 is 1.88 bits per heavy atom. The van der Waals surface area contributed by atoms with Crippen LogP contribution in [0.3, 0.4) is 0 Å². The highest BCUT2D eigenvalue weighted by atomic mass is 32.1. The molecule has 1 N–H and O–H groups in total. The van der Waals surface area contributed by atoms with E-state index in [1.54, 1.807) is 0 Å². The van der Waals surface area contributed by atoms with Gasteiger partial charge in [0.2, 0.25) is 0 Å². The summed E-state index contributed by atoms with van der Waals surface area (Å²) in [6.07, 6.45) is 8.34. The van der Waals surface area contributed by atoms with E-state index < -0.39 is 0 Å². The van der Waals surface area contributed by atoms with Crippen molar-refractivity contribution in [2.75, 3.05) is 13.1 Å². The number of thiocarbonyl (C=S) groups is 1. The second-order valence-corrected chi connectivity index (χ2v) is 6.79. The number of hydrogen-bond donors (Lipinski definition) is 1. The molecular weight excluding hydrogens is 228 g/mol. The van der Waals surface area contributed by atoms with Gasteiger partial charge in [0.25, 0.3) is 0 Å². The molecule has 0 spiro atoms. The quantitative estimate of drug-likeness (QED) is 0.723. The molecule has 3 rings (SSSR count). The third-order valence-electron chi connectivity index (χ3n) is 5.12. The van der Waals surface area contributed by atoms with Gasteiger partial charge in [-0.3, -0.25) is 0 Å². The lowest BCUT2D eigenvalue weighted by atomic mass is 9.95. The van der Waals surface area contributed by atoms with Crippen LogP contribution in [0, 0.1) is 17.8 Å². The van der Waals surface area contributed by atoms with Gasteiger partial charge >= 0.3 is 0 Å². The third kappa shape index (κ3) is 2.44. The minimum absolute atomic E-state index is 0.695. The fourth-order valence-electron chi connectivity index (χ4n) is 3.88. The van der Waals surface area contributed by atoms with Crippen molar-refractivity contribution in [2.24, 2.45) is 17.8 Å². The summed E-state index contributed by atoms with van der Waals surface area (Å²) in [4.78, 5) is 2.39. The van der Waals surface area contributed by atoms with E-state index in [2.05, 4.69) is 17.1 Å². The molecular formula is C14H24N2S. The molecule has 0 unspecified atom stereocenters. The summed E-state index contributed by atoms with van der Waals surface area (Å²) in [5.74, 6) is 2.81. The molecule has 17 heavy (non-hydrogen) atoms. The lowest BCUT2D eigenvalue weighted by Crippen LogP contribution is -2.48. The van der Waals surface area contributed by atoms with E-state index in [1.165, 1.54) is 38.5 Å². The predicted octanol–water partition coefficient (Wildman–Crippen LogP) is 2.78. The van der Waals surface area contributed by atoms with Crippen molar-refractivity contribution in [1.29, 1.82) is 0 Å². The first-order valence-electron chi connectivity index (χ1n) is 7.28. The third-order valence-corrected chi connectivity index (χ3v) is 5.49. The maximum absolute atomic E-state index is 5.58. The molecule has 2 nitrogen and oxygen atoms in total. The van der Waals surface area contributed by atoms with E-state index in [9.17, 15) is 0 Å². The highest BCUT2D eigenvalue weighted by molar-refractivity contribution is 7.80. The first kappa shape index (κ1) is 11.8. The van der Waals surface area contributed by atoms with Gasteiger partial charge in [0, 0.05) is 19.1 Å². The van der Waals surface area contributed by atoms with E-state index >= 15 is 0 Å². The molecule has 3 heteroatoms. The van der Waals surface area contributed by atoms with Crippen LogP contribution < -0.4 is 5.32 Å². The van der Waals surface area contributed by atoms with Crippen LogP contribution in [0.5, 0.6) is 0 Å². The van der Waals surface area contributed by atoms with Crippen molar-refractivity contribution >= 4 is 17.3 Å². The zero-order valence-corrected chi connectivity index (χ0v) is 11.6. The van der Waals surface area contributed by atoms with Crippen LogP contribution in [-0.2, 0) is 0 Å². The molecule has 0 radical (unpaired) electrons. The van der Waals surface area contributed by atoms with Crippen molar-refractivity contribution in [1.82, 2.24) is 10.2 Å². The lowest BCUT2D eigenvalue weighted by molar-refractivity contribution is 0.270. The minimum atomic E-state index is 0.695. The average Bonchev–Trinajstić information content (AvgIpc) is 2.91. The van der Waals surface area contributed by atoms with Crippen molar-refractivity contribution in [3.63, 3.8) is 0 Å². The Hall–Kier alpha value is -0.310. The molecule has 3 atom stereocenters. The summed E-state index contributed by atoms with van der Waals surface area (Å²) >= 11 is 5.58. The Kier molecular flexibility index (Phi) is 3.29. The summed E-state index contributed by atoms with van der Waals surface area (Å²) in [5, 5.41) is 4.69. The zero-order valence-electron chi connectivity index (χ0n) is 10.8. The molecule has 2 bridgehead atoms. The molecule has 2 aliphatic carbocycles. The summed E-state index contributed by atoms with van der Waals surface area (Å²) in [6, 6.07) is 0.695. The van der Waals surface area contributed by atoms with Crippen molar-refractivity contribution in [3.8, 4) is 0 Å². The molecule has 1 aliphatic heterocycles. The molecule has 96 valence electrons. The topological polar surface area (TPSA) is 15.3 Å². The highest BCUT2D eigenvalue weighted by Crippen LogP contribution is 2.44. The molecule has 3 aliphatic rings. The molecule has 1 saturated heterocycles. The maximum atomic E-state index is 5.58. The van der Waals surface area contributed by atoms with Gasteiger partial charge in [0.1, 0.15) is 0 Å². The normalized spacial score (nSPS) is 37.5. The number of nitrogens with one attached hydrogen (secondary N) is 1. The standard InChI is InChI=1S/C14H24N2S/c1-10-4-6-16(7-5-10)14(17)15-13-9-11-2-3-12(13)8-11/h10-13H,2-9H2,1H3,(H,15,17)/t11-,12-,13-/m1/s1. The zero-order chi connectivity index (χ0) is 11.8. The summed E-state index contributed by atoms with van der Waals surface area (Å²) in [7, 11) is 0. The van der Waals surface area contributed by atoms with Crippen LogP contribution in [0.15, 0.2) is 0 Å². The van der Waals surface area contributed by atoms with Gasteiger partial charge in [0.05, 0.1) is 0 Å². The fraction of sp³-hybridized carbons (Fsp3) is 0.929. The largest absolute Gasteiger partial charge is 0.360 e. The first-order chi connectivity index (χ1) is 8.22. The van der Waals surface area contributed by atoms with E-state index in [0.717, 1.165) is 36.0 Å². The van der Waals surface area contributed by atoms with Crippen molar-refractivity contribution in [3.05, 3.63) is 0 Å². The van der Waals surface area contributed by atoms with Crippen LogP contribution in [0.1, 0.15) is 45.4 Å². The first-order valence-corrected chi connectivity index (χ1v) is 7.68. The SMILES string of the molecule is CC1CCN(C(=S)N[C@@H]2C[C@@H]3CC[C@@H]2C3)CC1. The van der Waals surface area contributed by atoms with Crippen LogP contribution in [0.25, 0.3) is 0 Å². The Bertz CT molecular complexity index is 297. The Balaban J connectivity index is 1.50. The van der Waals surface area contributed by atoms with Crippen LogP contribution in [0.2, 0.25) is 0 Å². The maximum Gasteiger partial charge on any atom is 0.169 e. The van der Waals surface area contributed by atoms with E-state index in [0.29, 0.717) is 6.04 Å².